The maximum absolute atomic E-state index is 4.12. The minimum atomic E-state index is 0.586. The Morgan fingerprint density at radius 1 is 1.24 bits per heavy atom. The minimum Gasteiger partial charge on any atom is -0.382 e. The number of nitrogens with one attached hydrogen (secondary N) is 2. The van der Waals surface area contributed by atoms with E-state index < -0.39 is 0 Å². The number of rotatable bonds is 4. The first-order valence-corrected chi connectivity index (χ1v) is 8.19. The Labute approximate surface area is 129 Å². The Kier molecular flexibility index (Phi) is 4.77. The number of hydrogen-bond donors (Lipinski definition) is 2. The van der Waals surface area contributed by atoms with Gasteiger partial charge in [0.05, 0.1) is 0 Å². The molecule has 21 heavy (non-hydrogen) atoms. The molecule has 1 aliphatic rings. The molecule has 1 fully saturated rings. The monoisotopic (exact) mass is 303 g/mol. The van der Waals surface area contributed by atoms with Crippen LogP contribution in [0.3, 0.4) is 0 Å². The predicted octanol–water partition coefficient (Wildman–Crippen LogP) is 2.85. The van der Waals surface area contributed by atoms with E-state index in [0.29, 0.717) is 6.04 Å². The first-order chi connectivity index (χ1) is 10.3. The molecule has 6 heteroatoms. The van der Waals surface area contributed by atoms with Crippen molar-refractivity contribution in [1.29, 1.82) is 0 Å². The summed E-state index contributed by atoms with van der Waals surface area (Å²) in [6, 6.07) is 9.12. The van der Waals surface area contributed by atoms with Crippen LogP contribution in [0.4, 0.5) is 5.69 Å². The molecule has 1 unspecified atom stereocenters. The molecule has 5 nitrogen and oxygen atoms in total. The summed E-state index contributed by atoms with van der Waals surface area (Å²) in [5.41, 5.74) is 1.20. The smallest absolute Gasteiger partial charge is 0.188 e. The van der Waals surface area contributed by atoms with E-state index in [1.54, 1.807) is 11.8 Å². The number of aromatic amines is 1. The van der Waals surface area contributed by atoms with Gasteiger partial charge in [0.2, 0.25) is 0 Å². The second-order valence-corrected chi connectivity index (χ2v) is 6.55. The van der Waals surface area contributed by atoms with Crippen LogP contribution in [0, 0.1) is 0 Å². The van der Waals surface area contributed by atoms with Crippen molar-refractivity contribution in [2.24, 2.45) is 0 Å². The first-order valence-electron chi connectivity index (χ1n) is 7.38. The van der Waals surface area contributed by atoms with Gasteiger partial charge in [0, 0.05) is 16.6 Å². The quantitative estimate of drug-likeness (QED) is 0.909. The molecule has 3 rings (SSSR count). The number of aromatic nitrogens is 3. The molecular weight excluding hydrogens is 282 g/mol. The van der Waals surface area contributed by atoms with Crippen molar-refractivity contribution in [2.75, 3.05) is 25.5 Å². The lowest BCUT2D eigenvalue weighted by molar-refractivity contribution is 0.348. The largest absolute Gasteiger partial charge is 0.382 e. The highest BCUT2D eigenvalue weighted by Crippen LogP contribution is 2.26. The molecule has 0 bridgehead atoms. The third-order valence-electron chi connectivity index (χ3n) is 3.78. The van der Waals surface area contributed by atoms with Crippen LogP contribution in [-0.2, 0) is 0 Å². The normalized spacial score (nSPS) is 20.1. The molecule has 112 valence electrons. The average molecular weight is 303 g/mol. The molecule has 2 N–H and O–H groups in total. The van der Waals surface area contributed by atoms with Crippen LogP contribution in [-0.4, -0.2) is 46.3 Å². The van der Waals surface area contributed by atoms with Crippen molar-refractivity contribution < 1.29 is 0 Å². The van der Waals surface area contributed by atoms with Gasteiger partial charge in [-0.1, -0.05) is 11.8 Å². The zero-order valence-corrected chi connectivity index (χ0v) is 13.1. The maximum atomic E-state index is 4.12. The number of hydrogen-bond acceptors (Lipinski definition) is 5. The van der Waals surface area contributed by atoms with E-state index in [9.17, 15) is 0 Å². The summed E-state index contributed by atoms with van der Waals surface area (Å²) in [5.74, 6) is 0. The molecule has 1 saturated heterocycles. The second kappa shape index (κ2) is 6.95. The fourth-order valence-electron chi connectivity index (χ4n) is 2.59. The van der Waals surface area contributed by atoms with Crippen LogP contribution in [0.15, 0.2) is 40.6 Å². The van der Waals surface area contributed by atoms with Gasteiger partial charge in [-0.25, -0.2) is 4.98 Å². The average Bonchev–Trinajstić information content (AvgIpc) is 2.91. The summed E-state index contributed by atoms with van der Waals surface area (Å²) in [6.45, 7) is 2.39. The van der Waals surface area contributed by atoms with Gasteiger partial charge in [0.15, 0.2) is 5.16 Å². The van der Waals surface area contributed by atoms with Gasteiger partial charge >= 0.3 is 0 Å². The molecule has 0 amide bonds. The zero-order chi connectivity index (χ0) is 14.5. The van der Waals surface area contributed by atoms with E-state index >= 15 is 0 Å². The summed E-state index contributed by atoms with van der Waals surface area (Å²) >= 11 is 1.59. The Balaban J connectivity index is 1.56. The van der Waals surface area contributed by atoms with Crippen molar-refractivity contribution in [3.8, 4) is 0 Å². The number of nitrogens with zero attached hydrogens (tertiary/aromatic N) is 3. The van der Waals surface area contributed by atoms with Gasteiger partial charge in [-0.05, 0) is 63.7 Å². The standard InChI is InChI=1S/C15H21N5S/c1-20-9-2-3-12(8-10-20)18-13-4-6-14(7-5-13)21-15-16-11-17-19-15/h4-7,11-12,18H,2-3,8-10H2,1H3,(H,16,17,19). The van der Waals surface area contributed by atoms with Crippen molar-refractivity contribution in [3.63, 3.8) is 0 Å². The summed E-state index contributed by atoms with van der Waals surface area (Å²) in [6.07, 6.45) is 5.26. The van der Waals surface area contributed by atoms with Crippen LogP contribution < -0.4 is 5.32 Å². The van der Waals surface area contributed by atoms with E-state index in [1.807, 2.05) is 0 Å². The van der Waals surface area contributed by atoms with Gasteiger partial charge in [-0.15, -0.1) is 0 Å². The molecule has 1 atom stereocenters. The van der Waals surface area contributed by atoms with Gasteiger partial charge in [0.1, 0.15) is 6.33 Å². The fourth-order valence-corrected chi connectivity index (χ4v) is 3.29. The highest BCUT2D eigenvalue weighted by molar-refractivity contribution is 7.99. The van der Waals surface area contributed by atoms with Gasteiger partial charge in [-0.2, -0.15) is 5.10 Å². The lowest BCUT2D eigenvalue weighted by atomic mass is 10.1. The van der Waals surface area contributed by atoms with Crippen LogP contribution >= 0.6 is 11.8 Å². The Morgan fingerprint density at radius 2 is 2.10 bits per heavy atom. The van der Waals surface area contributed by atoms with E-state index in [4.69, 9.17) is 0 Å². The summed E-state index contributed by atoms with van der Waals surface area (Å²) in [5, 5.41) is 11.2. The molecule has 2 aromatic rings. The van der Waals surface area contributed by atoms with E-state index in [-0.39, 0.29) is 0 Å². The molecular formula is C15H21N5S. The summed E-state index contributed by atoms with van der Waals surface area (Å²) in [4.78, 5) is 7.70. The van der Waals surface area contributed by atoms with E-state index in [0.717, 1.165) is 10.1 Å². The Hall–Kier alpha value is -1.53. The lowest BCUT2D eigenvalue weighted by Gasteiger charge is -2.18. The van der Waals surface area contributed by atoms with Crippen LogP contribution in [0.2, 0.25) is 0 Å². The third-order valence-corrected chi connectivity index (χ3v) is 4.68. The van der Waals surface area contributed by atoms with Crippen molar-refractivity contribution >= 4 is 17.4 Å². The number of anilines is 1. The van der Waals surface area contributed by atoms with Gasteiger partial charge in [-0.3, -0.25) is 5.10 Å². The van der Waals surface area contributed by atoms with Crippen molar-refractivity contribution in [1.82, 2.24) is 20.1 Å². The van der Waals surface area contributed by atoms with Crippen molar-refractivity contribution in [3.05, 3.63) is 30.6 Å². The number of H-pyrrole nitrogens is 1. The minimum absolute atomic E-state index is 0.586. The van der Waals surface area contributed by atoms with E-state index in [2.05, 4.69) is 56.7 Å². The maximum Gasteiger partial charge on any atom is 0.188 e. The molecule has 0 radical (unpaired) electrons. The van der Waals surface area contributed by atoms with Crippen LogP contribution in [0.5, 0.6) is 0 Å². The van der Waals surface area contributed by atoms with Crippen molar-refractivity contribution in [2.45, 2.75) is 35.4 Å². The van der Waals surface area contributed by atoms with Crippen LogP contribution in [0.1, 0.15) is 19.3 Å². The summed E-state index contributed by atoms with van der Waals surface area (Å²) in [7, 11) is 2.21. The van der Waals surface area contributed by atoms with Gasteiger partial charge < -0.3 is 10.2 Å². The molecule has 2 heterocycles. The number of likely N-dealkylation sites (tertiary alicyclic amines) is 1. The molecule has 0 saturated carbocycles. The van der Waals surface area contributed by atoms with Gasteiger partial charge in [0.25, 0.3) is 0 Å². The molecule has 1 aromatic heterocycles. The molecule has 0 spiro atoms. The second-order valence-electron chi connectivity index (χ2n) is 5.49. The number of benzene rings is 1. The lowest BCUT2D eigenvalue weighted by Crippen LogP contribution is -2.22. The molecule has 0 aliphatic carbocycles. The fraction of sp³-hybridized carbons (Fsp3) is 0.467. The molecule has 1 aromatic carbocycles. The highest BCUT2D eigenvalue weighted by Gasteiger charge is 2.14. The SMILES string of the molecule is CN1CCCC(Nc2ccc(Sc3ncn[nH]3)cc2)CC1. The van der Waals surface area contributed by atoms with E-state index in [1.165, 1.54) is 44.4 Å². The zero-order valence-electron chi connectivity index (χ0n) is 12.2. The Morgan fingerprint density at radius 3 is 2.86 bits per heavy atom. The van der Waals surface area contributed by atoms with Crippen LogP contribution in [0.25, 0.3) is 0 Å². The Bertz CT molecular complexity index is 540. The first kappa shape index (κ1) is 14.4. The predicted molar refractivity (Wildman–Crippen MR) is 85.7 cm³/mol. The molecule has 1 aliphatic heterocycles. The highest BCUT2D eigenvalue weighted by atomic mass is 32.2. The third kappa shape index (κ3) is 4.22. The summed E-state index contributed by atoms with van der Waals surface area (Å²) < 4.78 is 0. The topological polar surface area (TPSA) is 56.8 Å².